The van der Waals surface area contributed by atoms with Gasteiger partial charge in [0.1, 0.15) is 5.60 Å². The lowest BCUT2D eigenvalue weighted by Gasteiger charge is -2.29. The molecule has 9 heteroatoms. The van der Waals surface area contributed by atoms with E-state index in [0.717, 1.165) is 0 Å². The molecule has 9 nitrogen and oxygen atoms in total. The van der Waals surface area contributed by atoms with Crippen molar-refractivity contribution >= 4 is 17.9 Å². The normalized spacial score (nSPS) is 10.1. The van der Waals surface area contributed by atoms with Gasteiger partial charge in [0.15, 0.2) is 0 Å². The molecule has 0 bridgehead atoms. The molecule has 0 atom stereocenters. The van der Waals surface area contributed by atoms with Gasteiger partial charge in [-0.25, -0.2) is 0 Å². The Kier molecular flexibility index (Phi) is 8.78. The molecule has 0 aliphatic carbocycles. The zero-order chi connectivity index (χ0) is 14.1. The van der Waals surface area contributed by atoms with Crippen molar-refractivity contribution in [2.24, 2.45) is 0 Å². The third-order valence-electron chi connectivity index (χ3n) is 1.41. The van der Waals surface area contributed by atoms with E-state index in [1.54, 1.807) is 0 Å². The molecule has 0 radical (unpaired) electrons. The lowest BCUT2D eigenvalue weighted by atomic mass is 9.96. The summed E-state index contributed by atoms with van der Waals surface area (Å²) < 4.78 is 0. The first kappa shape index (κ1) is 17.7. The third-order valence-corrected chi connectivity index (χ3v) is 1.41. The second kappa shape index (κ2) is 8.44. The number of hydrogen-bond acceptors (Lipinski definition) is 8. The molecule has 5 N–H and O–H groups in total. The van der Waals surface area contributed by atoms with Crippen LogP contribution >= 0.6 is 0 Å². The van der Waals surface area contributed by atoms with Crippen molar-refractivity contribution in [1.29, 1.82) is 0 Å². The van der Waals surface area contributed by atoms with Crippen molar-refractivity contribution in [1.82, 2.24) is 0 Å². The van der Waals surface area contributed by atoms with Crippen LogP contribution in [-0.4, -0.2) is 46.9 Å². The molecule has 0 rings (SSSR count). The monoisotopic (exact) mass is 251 g/mol. The highest BCUT2D eigenvalue weighted by Gasteiger charge is 2.29. The van der Waals surface area contributed by atoms with Crippen LogP contribution in [0.15, 0.2) is 0 Å². The molecule has 0 unspecified atom stereocenters. The van der Waals surface area contributed by atoms with Gasteiger partial charge < -0.3 is 45.6 Å². The summed E-state index contributed by atoms with van der Waals surface area (Å²) in [6, 6.07) is 0. The molecule has 0 aliphatic rings. The second-order valence-corrected chi connectivity index (χ2v) is 2.99. The largest absolute Gasteiger partial charge is 0.550 e. The fourth-order valence-corrected chi connectivity index (χ4v) is 0.684. The topological polar surface area (TPSA) is 188 Å². The molecule has 0 aromatic heterocycles. The molecule has 0 saturated carbocycles. The van der Waals surface area contributed by atoms with E-state index in [1.807, 2.05) is 0 Å². The molecule has 0 spiro atoms. The van der Waals surface area contributed by atoms with E-state index in [1.165, 1.54) is 0 Å². The highest BCUT2D eigenvalue weighted by atomic mass is 16.4. The summed E-state index contributed by atoms with van der Waals surface area (Å²) in [5.41, 5.74) is 0.380. The van der Waals surface area contributed by atoms with Crippen LogP contribution < -0.4 is 21.1 Å². The summed E-state index contributed by atoms with van der Waals surface area (Å²) in [5.74, 6) is -5.98. The van der Waals surface area contributed by atoms with Gasteiger partial charge in [0.05, 0.1) is 19.1 Å². The van der Waals surface area contributed by atoms with E-state index < -0.39 is 36.4 Å². The Labute approximate surface area is 96.1 Å². The number of aliphatic hydroxyl groups excluding tert-OH is 1. The van der Waals surface area contributed by atoms with Gasteiger partial charge in [-0.1, -0.05) is 0 Å². The lowest BCUT2D eigenvalue weighted by molar-refractivity contribution is -0.372. The van der Waals surface area contributed by atoms with Gasteiger partial charge >= 0.3 is 0 Å². The molecule has 0 amide bonds. The highest BCUT2D eigenvalue weighted by molar-refractivity contribution is 5.86. The van der Waals surface area contributed by atoms with Gasteiger partial charge in [0.2, 0.25) is 0 Å². The number of carboxylic acids is 3. The van der Waals surface area contributed by atoms with Gasteiger partial charge in [-0.3, -0.25) is 0 Å². The van der Waals surface area contributed by atoms with E-state index >= 15 is 0 Å². The Bertz CT molecular complexity index is 259. The standard InChI is InChI=1S/C6H8O7.C2H7NO/c7-3(8)1-6(13,5(11)12)2-4(9)10;3-1-2-4/h13H,1-2H2,(H,7,8)(H,9,10)(H,11,12);4H,1-3H2/p-2. The quantitative estimate of drug-likeness (QED) is 0.414. The van der Waals surface area contributed by atoms with Crippen molar-refractivity contribution in [2.75, 3.05) is 13.2 Å². The molecule has 0 fully saturated rings. The van der Waals surface area contributed by atoms with Crippen LogP contribution in [0.5, 0.6) is 0 Å². The Morgan fingerprint density at radius 1 is 1.06 bits per heavy atom. The first-order valence-corrected chi connectivity index (χ1v) is 4.43. The summed E-state index contributed by atoms with van der Waals surface area (Å²) in [6.07, 6.45) is -2.72. The van der Waals surface area contributed by atoms with Crippen molar-refractivity contribution in [3.63, 3.8) is 0 Å². The average molecular weight is 251 g/mol. The minimum Gasteiger partial charge on any atom is -0.550 e. The van der Waals surface area contributed by atoms with Crippen LogP contribution in [0.1, 0.15) is 12.8 Å². The number of hydrogen-bond donors (Lipinski definition) is 3. The van der Waals surface area contributed by atoms with E-state index in [-0.39, 0.29) is 6.61 Å². The van der Waals surface area contributed by atoms with E-state index in [4.69, 9.17) is 10.2 Å². The zero-order valence-corrected chi connectivity index (χ0v) is 8.88. The number of carbonyl (C=O) groups excluding carboxylic acids is 3. The highest BCUT2D eigenvalue weighted by Crippen LogP contribution is 2.13. The first-order valence-electron chi connectivity index (χ1n) is 4.43. The van der Waals surface area contributed by atoms with Crippen LogP contribution in [0.3, 0.4) is 0 Å². The molecule has 0 aromatic rings. The summed E-state index contributed by atoms with van der Waals surface area (Å²) in [6.45, 7) is 0.833. The number of carboxylic acid groups (broad SMARTS) is 3. The van der Waals surface area contributed by atoms with Gasteiger partial charge in [-0.05, 0) is 0 Å². The van der Waals surface area contributed by atoms with E-state index in [9.17, 15) is 29.7 Å². The van der Waals surface area contributed by atoms with Crippen molar-refractivity contribution in [2.45, 2.75) is 18.4 Å². The number of carbonyl (C=O) groups is 3. The van der Waals surface area contributed by atoms with Crippen LogP contribution in [0.2, 0.25) is 0 Å². The van der Waals surface area contributed by atoms with Crippen LogP contribution in [0, 0.1) is 0 Å². The maximum absolute atomic E-state index is 10.1. The SMILES string of the molecule is O=C([O-])CC(O)(CC(=O)[O-])C(=O)[O-].[NH3+]CCO. The van der Waals surface area contributed by atoms with Gasteiger partial charge in [-0.15, -0.1) is 0 Å². The zero-order valence-electron chi connectivity index (χ0n) is 8.88. The summed E-state index contributed by atoms with van der Waals surface area (Å²) in [7, 11) is 0. The molecule has 100 valence electrons. The van der Waals surface area contributed by atoms with E-state index in [2.05, 4.69) is 5.73 Å². The van der Waals surface area contributed by atoms with Crippen LogP contribution in [0.25, 0.3) is 0 Å². The lowest BCUT2D eigenvalue weighted by Crippen LogP contribution is -2.54. The Morgan fingerprint density at radius 3 is 1.47 bits per heavy atom. The smallest absolute Gasteiger partial charge is 0.114 e. The molecule has 0 saturated heterocycles. The van der Waals surface area contributed by atoms with Crippen molar-refractivity contribution in [3.8, 4) is 0 Å². The third kappa shape index (κ3) is 9.23. The molecular weight excluding hydrogens is 238 g/mol. The molecule has 0 heterocycles. The van der Waals surface area contributed by atoms with Crippen molar-refractivity contribution < 1.29 is 45.6 Å². The maximum Gasteiger partial charge on any atom is 0.114 e. The number of aliphatic hydroxyl groups is 2. The summed E-state index contributed by atoms with van der Waals surface area (Å²) >= 11 is 0. The number of aliphatic carboxylic acids is 3. The fourth-order valence-electron chi connectivity index (χ4n) is 0.684. The average Bonchev–Trinajstić information content (AvgIpc) is 2.15. The Hall–Kier alpha value is -1.71. The van der Waals surface area contributed by atoms with E-state index in [0.29, 0.717) is 6.54 Å². The molecule has 0 aliphatic heterocycles. The maximum atomic E-state index is 10.1. The Morgan fingerprint density at radius 2 is 1.35 bits per heavy atom. The van der Waals surface area contributed by atoms with Gasteiger partial charge in [-0.2, -0.15) is 0 Å². The fraction of sp³-hybridized carbons (Fsp3) is 0.625. The number of quaternary nitrogens is 1. The molecular formula is C8H13NO8-2. The van der Waals surface area contributed by atoms with Crippen molar-refractivity contribution in [3.05, 3.63) is 0 Å². The molecule has 0 aromatic carbocycles. The van der Waals surface area contributed by atoms with Crippen LogP contribution in [-0.2, 0) is 14.4 Å². The van der Waals surface area contributed by atoms with Crippen LogP contribution in [0.4, 0.5) is 0 Å². The predicted octanol–water partition coefficient (Wildman–Crippen LogP) is -7.03. The summed E-state index contributed by atoms with van der Waals surface area (Å²) in [5, 5.41) is 46.7. The minimum absolute atomic E-state index is 0.208. The van der Waals surface area contributed by atoms with Gasteiger partial charge in [0.25, 0.3) is 0 Å². The first-order chi connectivity index (χ1) is 7.69. The summed E-state index contributed by atoms with van der Waals surface area (Å²) in [4.78, 5) is 30.0. The Balaban J connectivity index is 0. The number of rotatable bonds is 6. The second-order valence-electron chi connectivity index (χ2n) is 2.99. The minimum atomic E-state index is -2.97. The predicted molar refractivity (Wildman–Crippen MR) is 44.0 cm³/mol. The van der Waals surface area contributed by atoms with Gasteiger partial charge in [0, 0.05) is 24.8 Å². The molecule has 17 heavy (non-hydrogen) atoms.